The van der Waals surface area contributed by atoms with Gasteiger partial charge in [0.25, 0.3) is 0 Å². The van der Waals surface area contributed by atoms with Crippen LogP contribution in [-0.2, 0) is 7.05 Å². The standard InChI is InChI=1S/C6H9N3O/c1-7-5-3-4-9(2)6(10)8-5/h3-4H,1-2H3,(H,7,8,10)/p+1. The van der Waals surface area contributed by atoms with E-state index in [0.29, 0.717) is 0 Å². The van der Waals surface area contributed by atoms with Crippen molar-refractivity contribution in [1.29, 1.82) is 0 Å². The lowest BCUT2D eigenvalue weighted by atomic mass is 10.6. The van der Waals surface area contributed by atoms with E-state index in [4.69, 9.17) is 0 Å². The molecule has 0 saturated heterocycles. The van der Waals surface area contributed by atoms with Crippen LogP contribution in [0.25, 0.3) is 0 Å². The third-order valence-corrected chi connectivity index (χ3v) is 1.30. The van der Waals surface area contributed by atoms with Gasteiger partial charge in [0.1, 0.15) is 0 Å². The minimum atomic E-state index is -0.119. The average molecular weight is 140 g/mol. The number of anilines is 1. The van der Waals surface area contributed by atoms with Gasteiger partial charge in [0, 0.05) is 13.1 Å². The van der Waals surface area contributed by atoms with Crippen LogP contribution in [0.2, 0.25) is 0 Å². The lowest BCUT2D eigenvalue weighted by Gasteiger charge is -1.92. The number of hydrogen-bond acceptors (Lipinski definition) is 2. The van der Waals surface area contributed by atoms with Crippen LogP contribution in [0, 0.1) is 0 Å². The molecular formula is C6H10N3O+. The minimum Gasteiger partial charge on any atom is -0.356 e. The van der Waals surface area contributed by atoms with Crippen molar-refractivity contribution in [3.63, 3.8) is 0 Å². The summed E-state index contributed by atoms with van der Waals surface area (Å²) < 4.78 is 1.47. The first-order valence-corrected chi connectivity index (χ1v) is 3.01. The van der Waals surface area contributed by atoms with Gasteiger partial charge in [0.05, 0.1) is 13.2 Å². The fourth-order valence-electron chi connectivity index (χ4n) is 0.645. The Morgan fingerprint density at radius 3 is 2.90 bits per heavy atom. The Kier molecular flexibility index (Phi) is 1.71. The van der Waals surface area contributed by atoms with Gasteiger partial charge >= 0.3 is 5.69 Å². The van der Waals surface area contributed by atoms with Gasteiger partial charge in [0.15, 0.2) is 5.82 Å². The number of aryl methyl sites for hydroxylation is 1. The quantitative estimate of drug-likeness (QED) is 0.504. The second-order valence-corrected chi connectivity index (χ2v) is 2.02. The Bertz CT molecular complexity index is 279. The van der Waals surface area contributed by atoms with E-state index in [-0.39, 0.29) is 5.69 Å². The van der Waals surface area contributed by atoms with E-state index < -0.39 is 0 Å². The molecule has 10 heavy (non-hydrogen) atoms. The summed E-state index contributed by atoms with van der Waals surface area (Å²) in [5.41, 5.74) is -0.119. The zero-order valence-electron chi connectivity index (χ0n) is 6.01. The third-order valence-electron chi connectivity index (χ3n) is 1.30. The molecule has 0 aliphatic heterocycles. The molecule has 0 unspecified atom stereocenters. The summed E-state index contributed by atoms with van der Waals surface area (Å²) in [5.74, 6) is 0.725. The Hall–Kier alpha value is -1.32. The van der Waals surface area contributed by atoms with Crippen molar-refractivity contribution in [3.8, 4) is 0 Å². The van der Waals surface area contributed by atoms with Gasteiger partial charge in [-0.2, -0.15) is 9.78 Å². The summed E-state index contributed by atoms with van der Waals surface area (Å²) in [6.45, 7) is 0. The molecule has 2 N–H and O–H groups in total. The first kappa shape index (κ1) is 6.80. The Labute approximate surface area is 58.5 Å². The van der Waals surface area contributed by atoms with Crippen LogP contribution in [0.15, 0.2) is 17.1 Å². The molecule has 0 aliphatic carbocycles. The van der Waals surface area contributed by atoms with Crippen molar-refractivity contribution in [2.24, 2.45) is 7.05 Å². The van der Waals surface area contributed by atoms with Crippen LogP contribution in [-0.4, -0.2) is 12.0 Å². The number of nitrogens with one attached hydrogen (secondary N) is 2. The van der Waals surface area contributed by atoms with Crippen molar-refractivity contribution < 1.29 is 4.57 Å². The maximum atomic E-state index is 10.9. The number of aromatic nitrogens is 2. The molecule has 0 spiro atoms. The third kappa shape index (κ3) is 1.15. The van der Waals surface area contributed by atoms with Crippen molar-refractivity contribution >= 4 is 5.82 Å². The molecule has 0 amide bonds. The Morgan fingerprint density at radius 1 is 1.70 bits per heavy atom. The van der Waals surface area contributed by atoms with E-state index in [0.717, 1.165) is 5.82 Å². The summed E-state index contributed by atoms with van der Waals surface area (Å²) in [6.07, 6.45) is 1.70. The maximum Gasteiger partial charge on any atom is 0.497 e. The molecule has 0 radical (unpaired) electrons. The predicted molar refractivity (Wildman–Crippen MR) is 37.8 cm³/mol. The normalized spacial score (nSPS) is 9.40. The van der Waals surface area contributed by atoms with Crippen LogP contribution in [0.4, 0.5) is 5.82 Å². The molecule has 1 aromatic heterocycles. The van der Waals surface area contributed by atoms with Crippen LogP contribution < -0.4 is 15.6 Å². The maximum absolute atomic E-state index is 10.9. The second-order valence-electron chi connectivity index (χ2n) is 2.02. The van der Waals surface area contributed by atoms with Crippen molar-refractivity contribution in [1.82, 2.24) is 4.98 Å². The molecule has 1 aromatic rings. The SMILES string of the molecule is CNc1cc[n+](C)c(=O)[nH]1. The van der Waals surface area contributed by atoms with E-state index in [9.17, 15) is 4.79 Å². The molecule has 0 fully saturated rings. The van der Waals surface area contributed by atoms with Crippen LogP contribution in [0.5, 0.6) is 0 Å². The zero-order valence-corrected chi connectivity index (χ0v) is 6.01. The molecule has 0 aromatic carbocycles. The van der Waals surface area contributed by atoms with Crippen LogP contribution >= 0.6 is 0 Å². The highest BCUT2D eigenvalue weighted by molar-refractivity contribution is 5.28. The second kappa shape index (κ2) is 2.51. The van der Waals surface area contributed by atoms with E-state index >= 15 is 0 Å². The zero-order chi connectivity index (χ0) is 7.56. The fourth-order valence-corrected chi connectivity index (χ4v) is 0.645. The van der Waals surface area contributed by atoms with Gasteiger partial charge in [-0.15, -0.1) is 0 Å². The highest BCUT2D eigenvalue weighted by Crippen LogP contribution is 1.89. The first-order valence-electron chi connectivity index (χ1n) is 3.01. The number of hydrogen-bond donors (Lipinski definition) is 2. The van der Waals surface area contributed by atoms with Gasteiger partial charge in [-0.1, -0.05) is 0 Å². The summed E-state index contributed by atoms with van der Waals surface area (Å²) in [7, 11) is 3.45. The summed E-state index contributed by atoms with van der Waals surface area (Å²) in [6, 6.07) is 1.79. The molecule has 4 heteroatoms. The summed E-state index contributed by atoms with van der Waals surface area (Å²) in [4.78, 5) is 13.5. The van der Waals surface area contributed by atoms with Crippen LogP contribution in [0.3, 0.4) is 0 Å². The van der Waals surface area contributed by atoms with E-state index in [1.54, 1.807) is 26.4 Å². The minimum absolute atomic E-state index is 0.119. The smallest absolute Gasteiger partial charge is 0.356 e. The lowest BCUT2D eigenvalue weighted by Crippen LogP contribution is -2.47. The van der Waals surface area contributed by atoms with E-state index in [1.165, 1.54) is 4.57 Å². The van der Waals surface area contributed by atoms with E-state index in [2.05, 4.69) is 10.3 Å². The predicted octanol–water partition coefficient (Wildman–Crippen LogP) is -0.759. The average Bonchev–Trinajstić information content (AvgIpc) is 1.95. The molecule has 4 nitrogen and oxygen atoms in total. The van der Waals surface area contributed by atoms with Crippen LogP contribution in [0.1, 0.15) is 0 Å². The molecule has 1 rings (SSSR count). The molecule has 0 atom stereocenters. The highest BCUT2D eigenvalue weighted by atomic mass is 16.1. The first-order chi connectivity index (χ1) is 4.74. The number of aromatic amines is 1. The Balaban J connectivity index is 3.17. The molecule has 0 aliphatic rings. The van der Waals surface area contributed by atoms with Gasteiger partial charge in [-0.05, 0) is 0 Å². The molecule has 0 saturated carbocycles. The van der Waals surface area contributed by atoms with Gasteiger partial charge in [0.2, 0.25) is 0 Å². The monoisotopic (exact) mass is 140 g/mol. The fraction of sp³-hybridized carbons (Fsp3) is 0.333. The number of rotatable bonds is 1. The van der Waals surface area contributed by atoms with Gasteiger partial charge in [-0.3, -0.25) is 0 Å². The topological polar surface area (TPSA) is 48.8 Å². The Morgan fingerprint density at radius 2 is 2.40 bits per heavy atom. The van der Waals surface area contributed by atoms with Crippen molar-refractivity contribution in [2.75, 3.05) is 12.4 Å². The molecule has 1 heterocycles. The van der Waals surface area contributed by atoms with E-state index in [1.807, 2.05) is 0 Å². The largest absolute Gasteiger partial charge is 0.497 e. The van der Waals surface area contributed by atoms with Gasteiger partial charge < -0.3 is 5.32 Å². The van der Waals surface area contributed by atoms with Gasteiger partial charge in [-0.25, -0.2) is 4.57 Å². The molecule has 54 valence electrons. The summed E-state index contributed by atoms with van der Waals surface area (Å²) in [5, 5.41) is 2.83. The molecule has 0 bridgehead atoms. The van der Waals surface area contributed by atoms with Crippen molar-refractivity contribution in [2.45, 2.75) is 0 Å². The lowest BCUT2D eigenvalue weighted by molar-refractivity contribution is -0.689. The number of H-pyrrole nitrogens is 1. The highest BCUT2D eigenvalue weighted by Gasteiger charge is 1.98. The van der Waals surface area contributed by atoms with Crippen molar-refractivity contribution in [3.05, 3.63) is 22.7 Å². The molecular weight excluding hydrogens is 130 g/mol. The number of nitrogens with zero attached hydrogens (tertiary/aromatic N) is 1. The summed E-state index contributed by atoms with van der Waals surface area (Å²) >= 11 is 0.